The first-order valence-corrected chi connectivity index (χ1v) is 10.8. The maximum atomic E-state index is 12.8. The number of carbonyl (C=O) groups excluding carboxylic acids is 1. The van der Waals surface area contributed by atoms with Gasteiger partial charge in [-0.15, -0.1) is 0 Å². The lowest BCUT2D eigenvalue weighted by atomic mass is 10.2. The number of ether oxygens (including phenoxy) is 1. The van der Waals surface area contributed by atoms with Crippen LogP contribution in [0.4, 0.5) is 0 Å². The number of halogens is 1. The van der Waals surface area contributed by atoms with Crippen LogP contribution >= 0.6 is 15.9 Å². The van der Waals surface area contributed by atoms with E-state index in [0.717, 1.165) is 0 Å². The molecule has 2 rings (SSSR count). The predicted molar refractivity (Wildman–Crippen MR) is 104 cm³/mol. The molecule has 0 saturated carbocycles. The van der Waals surface area contributed by atoms with Gasteiger partial charge in [0.25, 0.3) is 0 Å². The van der Waals surface area contributed by atoms with Crippen molar-refractivity contribution in [2.24, 2.45) is 5.92 Å². The van der Waals surface area contributed by atoms with Gasteiger partial charge < -0.3 is 10.1 Å². The summed E-state index contributed by atoms with van der Waals surface area (Å²) in [7, 11) is -2.03. The van der Waals surface area contributed by atoms with Crippen molar-refractivity contribution in [1.29, 1.82) is 0 Å². The Labute approximate surface area is 163 Å². The van der Waals surface area contributed by atoms with Gasteiger partial charge in [-0.1, -0.05) is 13.8 Å². The second-order valence-electron chi connectivity index (χ2n) is 6.67. The maximum absolute atomic E-state index is 12.8. The molecule has 0 unspecified atom stereocenters. The van der Waals surface area contributed by atoms with E-state index in [2.05, 4.69) is 21.2 Å². The molecule has 1 amide bonds. The number of methoxy groups -OCH3 is 1. The molecule has 0 aliphatic carbocycles. The topological polar surface area (TPSA) is 79.0 Å². The second kappa shape index (κ2) is 9.16. The van der Waals surface area contributed by atoms with E-state index < -0.39 is 10.0 Å². The number of benzene rings is 1. The highest BCUT2D eigenvalue weighted by molar-refractivity contribution is 9.10. The van der Waals surface area contributed by atoms with Crippen LogP contribution in [0.3, 0.4) is 0 Å². The van der Waals surface area contributed by atoms with Gasteiger partial charge in [-0.3, -0.25) is 9.69 Å². The summed E-state index contributed by atoms with van der Waals surface area (Å²) in [4.78, 5) is 14.1. The third-order valence-electron chi connectivity index (χ3n) is 4.17. The zero-order chi connectivity index (χ0) is 19.3. The Morgan fingerprint density at radius 2 is 1.92 bits per heavy atom. The number of hydrogen-bond acceptors (Lipinski definition) is 5. The Balaban J connectivity index is 1.94. The summed E-state index contributed by atoms with van der Waals surface area (Å²) >= 11 is 3.32. The Kier molecular flexibility index (Phi) is 7.45. The fourth-order valence-electron chi connectivity index (χ4n) is 2.66. The van der Waals surface area contributed by atoms with Crippen LogP contribution in [0.2, 0.25) is 0 Å². The maximum Gasteiger partial charge on any atom is 0.243 e. The molecule has 7 nitrogen and oxygen atoms in total. The molecule has 0 radical (unpaired) electrons. The first-order chi connectivity index (χ1) is 12.2. The van der Waals surface area contributed by atoms with Crippen LogP contribution < -0.4 is 10.1 Å². The molecule has 1 aromatic rings. The molecule has 1 aliphatic rings. The zero-order valence-electron chi connectivity index (χ0n) is 15.4. The van der Waals surface area contributed by atoms with Crippen molar-refractivity contribution in [3.63, 3.8) is 0 Å². The van der Waals surface area contributed by atoms with E-state index in [-0.39, 0.29) is 10.8 Å². The molecule has 26 heavy (non-hydrogen) atoms. The fraction of sp³-hybridized carbons (Fsp3) is 0.588. The van der Waals surface area contributed by atoms with Crippen molar-refractivity contribution >= 4 is 31.9 Å². The molecule has 0 atom stereocenters. The minimum atomic E-state index is -3.56. The van der Waals surface area contributed by atoms with Crippen LogP contribution in [0.15, 0.2) is 27.6 Å². The van der Waals surface area contributed by atoms with Gasteiger partial charge in [-0.25, -0.2) is 8.42 Å². The van der Waals surface area contributed by atoms with Gasteiger partial charge >= 0.3 is 0 Å². The molecule has 0 spiro atoms. The molecule has 1 aromatic carbocycles. The van der Waals surface area contributed by atoms with E-state index in [1.165, 1.54) is 11.4 Å². The molecule has 9 heteroatoms. The molecule has 146 valence electrons. The number of sulfonamides is 1. The lowest BCUT2D eigenvalue weighted by Gasteiger charge is -2.33. The van der Waals surface area contributed by atoms with E-state index in [4.69, 9.17) is 4.74 Å². The van der Waals surface area contributed by atoms with Crippen LogP contribution in [0.1, 0.15) is 13.8 Å². The lowest BCUT2D eigenvalue weighted by molar-refractivity contribution is -0.122. The third kappa shape index (κ3) is 5.42. The van der Waals surface area contributed by atoms with Crippen molar-refractivity contribution in [3.05, 3.63) is 22.7 Å². The monoisotopic (exact) mass is 447 g/mol. The average molecular weight is 448 g/mol. The Hall–Kier alpha value is -1.16. The van der Waals surface area contributed by atoms with Gasteiger partial charge in [0, 0.05) is 32.7 Å². The van der Waals surface area contributed by atoms with Gasteiger partial charge in [0.2, 0.25) is 15.9 Å². The first kappa shape index (κ1) is 21.1. The highest BCUT2D eigenvalue weighted by Crippen LogP contribution is 2.29. The fourth-order valence-corrected chi connectivity index (χ4v) is 4.80. The van der Waals surface area contributed by atoms with Crippen LogP contribution in [0.5, 0.6) is 5.75 Å². The SMILES string of the molecule is COc1ccc(S(=O)(=O)N2CCN(CC(=O)NCC(C)C)CC2)cc1Br. The minimum Gasteiger partial charge on any atom is -0.496 e. The normalized spacial score (nSPS) is 16.7. The number of carbonyl (C=O) groups is 1. The highest BCUT2D eigenvalue weighted by atomic mass is 79.9. The summed E-state index contributed by atoms with van der Waals surface area (Å²) in [5, 5.41) is 2.88. The standard InChI is InChI=1S/C17H26BrN3O4S/c1-13(2)11-19-17(22)12-20-6-8-21(9-7-20)26(23,24)14-4-5-16(25-3)15(18)10-14/h4-5,10,13H,6-9,11-12H2,1-3H3,(H,19,22). The van der Waals surface area contributed by atoms with E-state index in [1.54, 1.807) is 18.2 Å². The predicted octanol–water partition coefficient (Wildman–Crippen LogP) is 1.54. The molecule has 1 heterocycles. The number of hydrogen-bond donors (Lipinski definition) is 1. The molecule has 1 aliphatic heterocycles. The molecule has 0 aromatic heterocycles. The molecule has 1 saturated heterocycles. The number of piperazine rings is 1. The van der Waals surface area contributed by atoms with E-state index in [0.29, 0.717) is 55.4 Å². The summed E-state index contributed by atoms with van der Waals surface area (Å²) in [5.74, 6) is 0.972. The van der Waals surface area contributed by atoms with Crippen molar-refractivity contribution in [2.75, 3.05) is 46.4 Å². The summed E-state index contributed by atoms with van der Waals surface area (Å²) in [6, 6.07) is 4.73. The molecule has 0 bridgehead atoms. The van der Waals surface area contributed by atoms with Crippen molar-refractivity contribution < 1.29 is 17.9 Å². The van der Waals surface area contributed by atoms with Crippen molar-refractivity contribution in [2.45, 2.75) is 18.7 Å². The van der Waals surface area contributed by atoms with Gasteiger partial charge in [-0.2, -0.15) is 4.31 Å². The van der Waals surface area contributed by atoms with Crippen LogP contribution in [0.25, 0.3) is 0 Å². The highest BCUT2D eigenvalue weighted by Gasteiger charge is 2.29. The Morgan fingerprint density at radius 3 is 2.46 bits per heavy atom. The summed E-state index contributed by atoms with van der Waals surface area (Å²) < 4.78 is 32.8. The van der Waals surface area contributed by atoms with Gasteiger partial charge in [0.15, 0.2) is 0 Å². The largest absolute Gasteiger partial charge is 0.496 e. The summed E-state index contributed by atoms with van der Waals surface area (Å²) in [6.07, 6.45) is 0. The van der Waals surface area contributed by atoms with Crippen molar-refractivity contribution in [1.82, 2.24) is 14.5 Å². The van der Waals surface area contributed by atoms with Gasteiger partial charge in [0.1, 0.15) is 5.75 Å². The quantitative estimate of drug-likeness (QED) is 0.685. The number of nitrogens with zero attached hydrogens (tertiary/aromatic N) is 2. The van der Waals surface area contributed by atoms with Crippen molar-refractivity contribution in [3.8, 4) is 5.75 Å². The van der Waals surface area contributed by atoms with Gasteiger partial charge in [0.05, 0.1) is 23.0 Å². The summed E-state index contributed by atoms with van der Waals surface area (Å²) in [5.41, 5.74) is 0. The smallest absolute Gasteiger partial charge is 0.243 e. The lowest BCUT2D eigenvalue weighted by Crippen LogP contribution is -2.51. The average Bonchev–Trinajstić information content (AvgIpc) is 2.60. The van der Waals surface area contributed by atoms with Crippen LogP contribution in [-0.2, 0) is 14.8 Å². The molecule has 1 N–H and O–H groups in total. The number of nitrogens with one attached hydrogen (secondary N) is 1. The van der Waals surface area contributed by atoms with Gasteiger partial charge in [-0.05, 0) is 40.0 Å². The molecule has 1 fully saturated rings. The third-order valence-corrected chi connectivity index (χ3v) is 6.68. The summed E-state index contributed by atoms with van der Waals surface area (Å²) in [6.45, 7) is 6.83. The molecular formula is C17H26BrN3O4S. The first-order valence-electron chi connectivity index (χ1n) is 8.56. The van der Waals surface area contributed by atoms with Crippen LogP contribution in [-0.4, -0.2) is 69.9 Å². The number of rotatable bonds is 7. The Morgan fingerprint density at radius 1 is 1.27 bits per heavy atom. The van der Waals surface area contributed by atoms with E-state index in [1.807, 2.05) is 18.7 Å². The Bertz CT molecular complexity index is 732. The minimum absolute atomic E-state index is 0.0194. The number of amides is 1. The second-order valence-corrected chi connectivity index (χ2v) is 9.47. The molecular weight excluding hydrogens is 422 g/mol. The van der Waals surface area contributed by atoms with E-state index in [9.17, 15) is 13.2 Å². The zero-order valence-corrected chi connectivity index (χ0v) is 17.8. The van der Waals surface area contributed by atoms with Crippen LogP contribution in [0, 0.1) is 5.92 Å². The van der Waals surface area contributed by atoms with E-state index >= 15 is 0 Å².